The molecule has 0 saturated carbocycles. The molecule has 5 heteroatoms. The number of nitrogens with one attached hydrogen (secondary N) is 1. The first-order valence-corrected chi connectivity index (χ1v) is 4.61. The first-order valence-electron chi connectivity index (χ1n) is 4.61. The van der Waals surface area contributed by atoms with Crippen molar-refractivity contribution in [1.82, 2.24) is 10.2 Å². The zero-order chi connectivity index (χ0) is 11.0. The summed E-state index contributed by atoms with van der Waals surface area (Å²) in [5, 5.41) is 2.83. The van der Waals surface area contributed by atoms with Gasteiger partial charge in [-0.2, -0.15) is 0 Å². The molecule has 1 amide bonds. The van der Waals surface area contributed by atoms with Gasteiger partial charge in [0.15, 0.2) is 0 Å². The Bertz CT molecular complexity index is 229. The van der Waals surface area contributed by atoms with Crippen LogP contribution in [-0.2, 0) is 4.79 Å². The van der Waals surface area contributed by atoms with E-state index in [2.05, 4.69) is 5.32 Å². The highest BCUT2D eigenvalue weighted by atomic mass is 19.3. The van der Waals surface area contributed by atoms with E-state index < -0.39 is 17.2 Å². The van der Waals surface area contributed by atoms with Gasteiger partial charge in [0.05, 0.1) is 0 Å². The van der Waals surface area contributed by atoms with Crippen molar-refractivity contribution < 1.29 is 13.6 Å². The van der Waals surface area contributed by atoms with E-state index >= 15 is 0 Å². The summed E-state index contributed by atoms with van der Waals surface area (Å²) in [6.45, 7) is 1.36. The van der Waals surface area contributed by atoms with Crippen LogP contribution >= 0.6 is 0 Å². The predicted octanol–water partition coefficient (Wildman–Crippen LogP) is 0.710. The number of hydrogen-bond donors (Lipinski definition) is 1. The van der Waals surface area contributed by atoms with E-state index in [0.29, 0.717) is 6.54 Å². The molecule has 1 unspecified atom stereocenters. The van der Waals surface area contributed by atoms with Gasteiger partial charge >= 0.3 is 0 Å². The van der Waals surface area contributed by atoms with Crippen LogP contribution in [0.2, 0.25) is 0 Å². The van der Waals surface area contributed by atoms with Crippen molar-refractivity contribution in [2.75, 3.05) is 27.2 Å². The highest BCUT2D eigenvalue weighted by Gasteiger charge is 2.57. The molecule has 1 atom stereocenters. The number of nitrogens with zero attached hydrogens (tertiary/aromatic N) is 1. The zero-order valence-electron chi connectivity index (χ0n) is 8.73. The van der Waals surface area contributed by atoms with Crippen LogP contribution in [0.3, 0.4) is 0 Å². The molecular formula is C9H16F2N2O. The van der Waals surface area contributed by atoms with Crippen LogP contribution in [0, 0.1) is 5.41 Å². The van der Waals surface area contributed by atoms with Crippen LogP contribution < -0.4 is 5.32 Å². The Kier molecular flexibility index (Phi) is 2.81. The fourth-order valence-corrected chi connectivity index (χ4v) is 1.86. The first-order chi connectivity index (χ1) is 6.31. The summed E-state index contributed by atoms with van der Waals surface area (Å²) in [6, 6.07) is 0. The van der Waals surface area contributed by atoms with Crippen molar-refractivity contribution in [2.45, 2.75) is 19.3 Å². The fraction of sp³-hybridized carbons (Fsp3) is 0.889. The second-order valence-corrected chi connectivity index (χ2v) is 4.10. The molecule has 1 saturated heterocycles. The van der Waals surface area contributed by atoms with Crippen LogP contribution in [0.4, 0.5) is 8.78 Å². The summed E-state index contributed by atoms with van der Waals surface area (Å²) in [4.78, 5) is 13.0. The Morgan fingerprint density at radius 3 is 2.36 bits per heavy atom. The topological polar surface area (TPSA) is 32.3 Å². The van der Waals surface area contributed by atoms with Crippen molar-refractivity contribution in [3.8, 4) is 0 Å². The molecule has 0 bridgehead atoms. The van der Waals surface area contributed by atoms with E-state index in [4.69, 9.17) is 0 Å². The predicted molar refractivity (Wildman–Crippen MR) is 49.2 cm³/mol. The van der Waals surface area contributed by atoms with Crippen molar-refractivity contribution in [3.63, 3.8) is 0 Å². The Morgan fingerprint density at radius 1 is 1.50 bits per heavy atom. The second-order valence-electron chi connectivity index (χ2n) is 4.10. The van der Waals surface area contributed by atoms with E-state index in [1.54, 1.807) is 0 Å². The lowest BCUT2D eigenvalue weighted by molar-refractivity contribution is -0.162. The molecule has 0 aromatic rings. The monoisotopic (exact) mass is 206 g/mol. The molecule has 1 aliphatic heterocycles. The normalized spacial score (nSPS) is 27.8. The molecule has 14 heavy (non-hydrogen) atoms. The van der Waals surface area contributed by atoms with Gasteiger partial charge in [0.25, 0.3) is 5.92 Å². The van der Waals surface area contributed by atoms with Crippen LogP contribution in [0.25, 0.3) is 0 Å². The van der Waals surface area contributed by atoms with Gasteiger partial charge in [-0.25, -0.2) is 8.78 Å². The van der Waals surface area contributed by atoms with E-state index in [0.717, 1.165) is 6.92 Å². The maximum absolute atomic E-state index is 13.4. The van der Waals surface area contributed by atoms with Gasteiger partial charge in [-0.15, -0.1) is 0 Å². The van der Waals surface area contributed by atoms with Gasteiger partial charge in [0.1, 0.15) is 5.41 Å². The third kappa shape index (κ3) is 1.61. The maximum atomic E-state index is 13.4. The standard InChI is InChI=1S/C9H16F2N2O/c1-8(10,11)9(4-5-12-6-9)7(14)13(2)3/h12H,4-6H2,1-3H3. The van der Waals surface area contributed by atoms with Gasteiger partial charge < -0.3 is 10.2 Å². The molecule has 0 aromatic carbocycles. The molecule has 1 heterocycles. The summed E-state index contributed by atoms with van der Waals surface area (Å²) in [5.41, 5.74) is -1.55. The number of amides is 1. The van der Waals surface area contributed by atoms with Crippen molar-refractivity contribution in [2.24, 2.45) is 5.41 Å². The fourth-order valence-electron chi connectivity index (χ4n) is 1.86. The zero-order valence-corrected chi connectivity index (χ0v) is 8.73. The SMILES string of the molecule is CN(C)C(=O)C1(C(C)(F)F)CCNC1. The van der Waals surface area contributed by atoms with Crippen molar-refractivity contribution in [3.05, 3.63) is 0 Å². The van der Waals surface area contributed by atoms with Crippen molar-refractivity contribution in [1.29, 1.82) is 0 Å². The lowest BCUT2D eigenvalue weighted by Gasteiger charge is -2.34. The average molecular weight is 206 g/mol. The van der Waals surface area contributed by atoms with Crippen LogP contribution in [0.1, 0.15) is 13.3 Å². The van der Waals surface area contributed by atoms with Gasteiger partial charge in [0.2, 0.25) is 5.91 Å². The van der Waals surface area contributed by atoms with Crippen LogP contribution in [-0.4, -0.2) is 43.9 Å². The Morgan fingerprint density at radius 2 is 2.07 bits per heavy atom. The van der Waals surface area contributed by atoms with E-state index in [1.807, 2.05) is 0 Å². The second kappa shape index (κ2) is 3.46. The smallest absolute Gasteiger partial charge is 0.260 e. The molecule has 1 fully saturated rings. The Hall–Kier alpha value is -0.710. The van der Waals surface area contributed by atoms with E-state index in [-0.39, 0.29) is 13.0 Å². The number of halogens is 2. The summed E-state index contributed by atoms with van der Waals surface area (Å²) < 4.78 is 26.8. The maximum Gasteiger partial charge on any atom is 0.260 e. The molecule has 0 aliphatic carbocycles. The van der Waals surface area contributed by atoms with Gasteiger partial charge in [-0.3, -0.25) is 4.79 Å². The molecule has 0 spiro atoms. The number of hydrogen-bond acceptors (Lipinski definition) is 2. The third-order valence-electron chi connectivity index (χ3n) is 2.81. The summed E-state index contributed by atoms with van der Waals surface area (Å²) in [5.74, 6) is -3.47. The highest BCUT2D eigenvalue weighted by Crippen LogP contribution is 2.42. The number of carbonyl (C=O) groups excluding carboxylic acids is 1. The number of rotatable bonds is 2. The average Bonchev–Trinajstić information content (AvgIpc) is 2.50. The van der Waals surface area contributed by atoms with Crippen LogP contribution in [0.5, 0.6) is 0 Å². The minimum Gasteiger partial charge on any atom is -0.348 e. The molecule has 1 N–H and O–H groups in total. The van der Waals surface area contributed by atoms with Gasteiger partial charge in [-0.1, -0.05) is 0 Å². The lowest BCUT2D eigenvalue weighted by atomic mass is 9.79. The van der Waals surface area contributed by atoms with E-state index in [9.17, 15) is 13.6 Å². The quantitative estimate of drug-likeness (QED) is 0.721. The minimum absolute atomic E-state index is 0.0630. The molecule has 0 aromatic heterocycles. The highest BCUT2D eigenvalue weighted by molar-refractivity contribution is 5.84. The summed E-state index contributed by atoms with van der Waals surface area (Å²) in [7, 11) is 3.02. The van der Waals surface area contributed by atoms with Crippen molar-refractivity contribution >= 4 is 5.91 Å². The third-order valence-corrected chi connectivity index (χ3v) is 2.81. The molecule has 1 aliphatic rings. The van der Waals surface area contributed by atoms with E-state index in [1.165, 1.54) is 19.0 Å². The van der Waals surface area contributed by atoms with Crippen LogP contribution in [0.15, 0.2) is 0 Å². The van der Waals surface area contributed by atoms with Gasteiger partial charge in [-0.05, 0) is 13.0 Å². The summed E-state index contributed by atoms with van der Waals surface area (Å²) in [6.07, 6.45) is 0.202. The molecule has 82 valence electrons. The Labute approximate surface area is 82.5 Å². The molecule has 3 nitrogen and oxygen atoms in total. The number of carbonyl (C=O) groups is 1. The largest absolute Gasteiger partial charge is 0.348 e. The summed E-state index contributed by atoms with van der Waals surface area (Å²) >= 11 is 0. The minimum atomic E-state index is -2.97. The molecule has 1 rings (SSSR count). The molecular weight excluding hydrogens is 190 g/mol. The Balaban J connectivity index is 2.99. The van der Waals surface area contributed by atoms with Gasteiger partial charge in [0, 0.05) is 27.6 Å². The molecule has 0 radical (unpaired) electrons. The first kappa shape index (κ1) is 11.4. The lowest BCUT2D eigenvalue weighted by Crippen LogP contribution is -2.52. The number of alkyl halides is 2.